The number of hydrogen-bond donors (Lipinski definition) is 0. The molecular weight excluding hydrogens is 334 g/mol. The van der Waals surface area contributed by atoms with Crippen LogP contribution in [0.2, 0.25) is 0 Å². The fraction of sp³-hybridized carbons (Fsp3) is 0.333. The Bertz CT molecular complexity index is 811. The lowest BCUT2D eigenvalue weighted by atomic mass is 10.3. The zero-order valence-electron chi connectivity index (χ0n) is 12.9. The molecule has 128 valence electrons. The average molecular weight is 351 g/mol. The molecule has 24 heavy (non-hydrogen) atoms. The van der Waals surface area contributed by atoms with Crippen molar-refractivity contribution >= 4 is 15.7 Å². The van der Waals surface area contributed by atoms with E-state index in [9.17, 15) is 18.5 Å². The van der Waals surface area contributed by atoms with Crippen LogP contribution in [-0.2, 0) is 16.6 Å². The third-order valence-electron chi connectivity index (χ3n) is 3.97. The van der Waals surface area contributed by atoms with Gasteiger partial charge in [0.2, 0.25) is 10.0 Å². The van der Waals surface area contributed by atoms with Gasteiger partial charge >= 0.3 is 0 Å². The molecule has 2 heterocycles. The van der Waals surface area contributed by atoms with Crippen LogP contribution in [0.15, 0.2) is 52.0 Å². The Hall–Kier alpha value is -2.23. The minimum atomic E-state index is -3.88. The summed E-state index contributed by atoms with van der Waals surface area (Å²) < 4.78 is 32.0. The maximum Gasteiger partial charge on any atom is 0.289 e. The van der Waals surface area contributed by atoms with Crippen molar-refractivity contribution in [3.63, 3.8) is 0 Å². The summed E-state index contributed by atoms with van der Waals surface area (Å²) in [6.45, 7) is 2.28. The quantitative estimate of drug-likeness (QED) is 0.601. The van der Waals surface area contributed by atoms with Gasteiger partial charge in [-0.25, -0.2) is 8.42 Å². The Morgan fingerprint density at radius 1 is 1.08 bits per heavy atom. The number of sulfonamides is 1. The summed E-state index contributed by atoms with van der Waals surface area (Å²) in [5.41, 5.74) is -0.393. The monoisotopic (exact) mass is 351 g/mol. The van der Waals surface area contributed by atoms with Crippen molar-refractivity contribution in [2.45, 2.75) is 11.4 Å². The first kappa shape index (κ1) is 16.6. The average Bonchev–Trinajstić information content (AvgIpc) is 3.08. The maximum absolute atomic E-state index is 12.7. The Balaban J connectivity index is 1.72. The molecule has 1 aliphatic heterocycles. The number of rotatable bonds is 5. The van der Waals surface area contributed by atoms with Crippen LogP contribution in [0.25, 0.3) is 0 Å². The highest BCUT2D eigenvalue weighted by Gasteiger charge is 2.33. The summed E-state index contributed by atoms with van der Waals surface area (Å²) in [6.07, 6.45) is 1.60. The number of furan rings is 1. The van der Waals surface area contributed by atoms with Crippen LogP contribution in [0, 0.1) is 10.1 Å². The zero-order valence-corrected chi connectivity index (χ0v) is 13.7. The molecule has 0 amide bonds. The molecule has 2 aromatic rings. The highest BCUT2D eigenvalue weighted by Crippen LogP contribution is 2.27. The molecule has 1 aromatic heterocycles. The molecule has 0 aliphatic carbocycles. The van der Waals surface area contributed by atoms with Gasteiger partial charge in [0.25, 0.3) is 5.69 Å². The maximum atomic E-state index is 12.7. The lowest BCUT2D eigenvalue weighted by Gasteiger charge is -2.33. The van der Waals surface area contributed by atoms with Gasteiger partial charge < -0.3 is 4.42 Å². The van der Waals surface area contributed by atoms with Crippen LogP contribution in [0.5, 0.6) is 0 Å². The normalized spacial score (nSPS) is 17.0. The fourth-order valence-electron chi connectivity index (χ4n) is 2.72. The summed E-state index contributed by atoms with van der Waals surface area (Å²) in [4.78, 5) is 12.3. The molecule has 1 fully saturated rings. The van der Waals surface area contributed by atoms with E-state index in [2.05, 4.69) is 4.90 Å². The standard InChI is InChI=1S/C15H17N3O5S/c19-18(20)14-5-1-2-6-15(14)24(21,22)17-9-7-16(8-10-17)12-13-4-3-11-23-13/h1-6,11H,7-10,12H2. The number of piperazine rings is 1. The van der Waals surface area contributed by atoms with Crippen molar-refractivity contribution < 1.29 is 17.8 Å². The molecule has 1 aromatic carbocycles. The summed E-state index contributed by atoms with van der Waals surface area (Å²) >= 11 is 0. The Morgan fingerprint density at radius 2 is 1.79 bits per heavy atom. The van der Waals surface area contributed by atoms with E-state index in [1.807, 2.05) is 12.1 Å². The number of hydrogen-bond acceptors (Lipinski definition) is 6. The van der Waals surface area contributed by atoms with Gasteiger partial charge in [-0.2, -0.15) is 4.31 Å². The van der Waals surface area contributed by atoms with Crippen LogP contribution >= 0.6 is 0 Å². The molecule has 3 rings (SSSR count). The lowest BCUT2D eigenvalue weighted by molar-refractivity contribution is -0.387. The predicted molar refractivity (Wildman–Crippen MR) is 85.8 cm³/mol. The van der Waals surface area contributed by atoms with E-state index in [-0.39, 0.29) is 18.0 Å². The van der Waals surface area contributed by atoms with Gasteiger partial charge in [0.05, 0.1) is 17.7 Å². The van der Waals surface area contributed by atoms with Crippen molar-refractivity contribution in [2.75, 3.05) is 26.2 Å². The summed E-state index contributed by atoms with van der Waals surface area (Å²) in [7, 11) is -3.88. The Kier molecular flexibility index (Phi) is 4.65. The SMILES string of the molecule is O=[N+]([O-])c1ccccc1S(=O)(=O)N1CCN(Cc2ccco2)CC1. The van der Waals surface area contributed by atoms with Crippen molar-refractivity contribution in [3.05, 3.63) is 58.5 Å². The number of nitrogens with zero attached hydrogens (tertiary/aromatic N) is 3. The van der Waals surface area contributed by atoms with Gasteiger partial charge in [0, 0.05) is 32.2 Å². The zero-order chi connectivity index (χ0) is 17.2. The predicted octanol–water partition coefficient (Wildman–Crippen LogP) is 1.69. The summed E-state index contributed by atoms with van der Waals surface area (Å²) in [5.74, 6) is 0.824. The second-order valence-electron chi connectivity index (χ2n) is 5.48. The number of nitro groups is 1. The smallest absolute Gasteiger partial charge is 0.289 e. The van der Waals surface area contributed by atoms with Crippen molar-refractivity contribution in [3.8, 4) is 0 Å². The number of nitro benzene ring substituents is 1. The largest absolute Gasteiger partial charge is 0.468 e. The van der Waals surface area contributed by atoms with E-state index < -0.39 is 20.6 Å². The molecule has 8 nitrogen and oxygen atoms in total. The summed E-state index contributed by atoms with van der Waals surface area (Å²) in [6, 6.07) is 9.12. The first-order valence-corrected chi connectivity index (χ1v) is 8.91. The first-order chi connectivity index (χ1) is 11.5. The van der Waals surface area contributed by atoms with E-state index in [1.54, 1.807) is 6.26 Å². The summed E-state index contributed by atoms with van der Waals surface area (Å²) in [5, 5.41) is 11.1. The van der Waals surface area contributed by atoms with Gasteiger partial charge in [-0.3, -0.25) is 15.0 Å². The van der Waals surface area contributed by atoms with Crippen molar-refractivity contribution in [1.29, 1.82) is 0 Å². The molecule has 0 spiro atoms. The Labute approximate surface area is 139 Å². The minimum absolute atomic E-state index is 0.255. The van der Waals surface area contributed by atoms with E-state index in [0.717, 1.165) is 5.76 Å². The molecule has 0 radical (unpaired) electrons. The van der Waals surface area contributed by atoms with E-state index in [0.29, 0.717) is 19.6 Å². The van der Waals surface area contributed by atoms with Gasteiger partial charge in [-0.05, 0) is 18.2 Å². The van der Waals surface area contributed by atoms with Crippen molar-refractivity contribution in [1.82, 2.24) is 9.21 Å². The molecular formula is C15H17N3O5S. The molecule has 1 aliphatic rings. The fourth-order valence-corrected chi connectivity index (χ4v) is 4.30. The second kappa shape index (κ2) is 6.71. The minimum Gasteiger partial charge on any atom is -0.468 e. The van der Waals surface area contributed by atoms with Crippen LogP contribution in [0.1, 0.15) is 5.76 Å². The van der Waals surface area contributed by atoms with Gasteiger partial charge in [0.1, 0.15) is 5.76 Å². The number of benzene rings is 1. The Morgan fingerprint density at radius 3 is 2.42 bits per heavy atom. The molecule has 1 saturated heterocycles. The second-order valence-corrected chi connectivity index (χ2v) is 7.39. The molecule has 0 N–H and O–H groups in total. The van der Waals surface area contributed by atoms with E-state index >= 15 is 0 Å². The third kappa shape index (κ3) is 3.32. The molecule has 0 atom stereocenters. The molecule has 0 bridgehead atoms. The highest BCUT2D eigenvalue weighted by atomic mass is 32.2. The van der Waals surface area contributed by atoms with E-state index in [4.69, 9.17) is 4.42 Å². The van der Waals surface area contributed by atoms with Gasteiger partial charge in [-0.1, -0.05) is 12.1 Å². The van der Waals surface area contributed by atoms with Gasteiger partial charge in [-0.15, -0.1) is 0 Å². The molecule has 9 heteroatoms. The van der Waals surface area contributed by atoms with Gasteiger partial charge in [0.15, 0.2) is 4.90 Å². The topological polar surface area (TPSA) is 96.9 Å². The lowest BCUT2D eigenvalue weighted by Crippen LogP contribution is -2.48. The van der Waals surface area contributed by atoms with Crippen molar-refractivity contribution in [2.24, 2.45) is 0 Å². The molecule has 0 saturated carbocycles. The van der Waals surface area contributed by atoms with Crippen LogP contribution in [0.4, 0.5) is 5.69 Å². The molecule has 0 unspecified atom stereocenters. The third-order valence-corrected chi connectivity index (χ3v) is 5.92. The highest BCUT2D eigenvalue weighted by molar-refractivity contribution is 7.89. The van der Waals surface area contributed by atoms with Crippen LogP contribution in [0.3, 0.4) is 0 Å². The van der Waals surface area contributed by atoms with E-state index in [1.165, 1.54) is 28.6 Å². The van der Waals surface area contributed by atoms with Crippen LogP contribution in [-0.4, -0.2) is 48.7 Å². The van der Waals surface area contributed by atoms with Crippen LogP contribution < -0.4 is 0 Å². The number of para-hydroxylation sites is 1. The first-order valence-electron chi connectivity index (χ1n) is 7.47.